The Morgan fingerprint density at radius 1 is 1.26 bits per heavy atom. The van der Waals surface area contributed by atoms with Crippen LogP contribution in [0.5, 0.6) is 11.5 Å². The molecule has 0 fully saturated rings. The number of benzene rings is 2. The van der Waals surface area contributed by atoms with E-state index in [0.29, 0.717) is 11.5 Å². The summed E-state index contributed by atoms with van der Waals surface area (Å²) in [6, 6.07) is 14.3. The average Bonchev–Trinajstić information content (AvgIpc) is 2.69. The molecule has 0 aliphatic heterocycles. The van der Waals surface area contributed by atoms with E-state index in [4.69, 9.17) is 15.9 Å². The minimum atomic E-state index is -0.673. The van der Waals surface area contributed by atoms with Crippen LogP contribution in [0, 0.1) is 30.6 Å². The average molecular weight is 380 g/mol. The number of aryl methyl sites for hydroxylation is 1. The van der Waals surface area contributed by atoms with Gasteiger partial charge in [-0.15, -0.1) is 18.2 Å². The second kappa shape index (κ2) is 10.2. The predicted molar refractivity (Wildman–Crippen MR) is 106 cm³/mol. The number of amides is 1. The lowest BCUT2D eigenvalue weighted by Crippen LogP contribution is -2.29. The highest BCUT2D eigenvalue weighted by molar-refractivity contribution is 8.00. The van der Waals surface area contributed by atoms with Gasteiger partial charge in [-0.05, 0) is 30.7 Å². The van der Waals surface area contributed by atoms with Crippen molar-refractivity contribution in [1.29, 1.82) is 5.26 Å². The van der Waals surface area contributed by atoms with Crippen molar-refractivity contribution in [2.75, 3.05) is 19.5 Å². The maximum atomic E-state index is 12.2. The summed E-state index contributed by atoms with van der Waals surface area (Å²) in [6.07, 6.45) is 5.19. The third-order valence-electron chi connectivity index (χ3n) is 3.66. The number of thioether (sulfide) groups is 1. The maximum absolute atomic E-state index is 12.2. The zero-order valence-electron chi connectivity index (χ0n) is 15.2. The van der Waals surface area contributed by atoms with Crippen LogP contribution in [0.25, 0.3) is 0 Å². The quantitative estimate of drug-likeness (QED) is 0.561. The van der Waals surface area contributed by atoms with E-state index in [-0.39, 0.29) is 18.3 Å². The zero-order chi connectivity index (χ0) is 19.6. The Labute approximate surface area is 163 Å². The second-order valence-electron chi connectivity index (χ2n) is 5.63. The number of terminal acetylenes is 1. The zero-order valence-corrected chi connectivity index (χ0v) is 16.0. The highest BCUT2D eigenvalue weighted by Crippen LogP contribution is 2.32. The van der Waals surface area contributed by atoms with Gasteiger partial charge in [0.25, 0.3) is 0 Å². The number of ether oxygens (including phenoxy) is 2. The van der Waals surface area contributed by atoms with E-state index >= 15 is 0 Å². The Hall–Kier alpha value is -3.09. The maximum Gasteiger partial charge on any atom is 0.231 e. The topological polar surface area (TPSA) is 71.3 Å². The molecule has 0 saturated heterocycles. The first-order chi connectivity index (χ1) is 13.1. The molecule has 0 radical (unpaired) electrons. The molecule has 0 heterocycles. The Morgan fingerprint density at radius 3 is 2.63 bits per heavy atom. The fraction of sp³-hybridized carbons (Fsp3) is 0.238. The molecular weight excluding hydrogens is 360 g/mol. The van der Waals surface area contributed by atoms with Gasteiger partial charge in [0.15, 0.2) is 11.5 Å². The first kappa shape index (κ1) is 20.2. The summed E-state index contributed by atoms with van der Waals surface area (Å²) < 4.78 is 10.7. The van der Waals surface area contributed by atoms with Crippen molar-refractivity contribution in [3.05, 3.63) is 53.6 Å². The van der Waals surface area contributed by atoms with E-state index < -0.39 is 6.04 Å². The minimum absolute atomic E-state index is 0.153. The summed E-state index contributed by atoms with van der Waals surface area (Å²) in [5, 5.41) is 12.1. The second-order valence-corrected chi connectivity index (χ2v) is 6.68. The van der Waals surface area contributed by atoms with Gasteiger partial charge in [-0.1, -0.05) is 35.7 Å². The van der Waals surface area contributed by atoms with E-state index in [2.05, 4.69) is 17.3 Å². The standard InChI is InChI=1S/C21H20N2O3S/c1-4-11-26-19-10-9-17(12-20(19)25-3)27-14-21(24)23-18(13-22)16-7-5-15(2)6-8-16/h1,5-10,12,18H,11,14H2,2-3H3,(H,23,24). The number of hydrogen-bond donors (Lipinski definition) is 1. The molecule has 0 aromatic heterocycles. The summed E-state index contributed by atoms with van der Waals surface area (Å²) in [4.78, 5) is 13.1. The van der Waals surface area contributed by atoms with Crippen molar-refractivity contribution in [3.63, 3.8) is 0 Å². The Morgan fingerprint density at radius 2 is 2.00 bits per heavy atom. The number of hydrogen-bond acceptors (Lipinski definition) is 5. The Balaban J connectivity index is 1.95. The Bertz CT molecular complexity index is 866. The van der Waals surface area contributed by atoms with E-state index in [0.717, 1.165) is 16.0 Å². The molecule has 0 spiro atoms. The van der Waals surface area contributed by atoms with Crippen molar-refractivity contribution in [2.45, 2.75) is 17.9 Å². The number of nitrogens with zero attached hydrogens (tertiary/aromatic N) is 1. The van der Waals surface area contributed by atoms with Crippen LogP contribution in [0.2, 0.25) is 0 Å². The summed E-state index contributed by atoms with van der Waals surface area (Å²) >= 11 is 1.34. The normalized spacial score (nSPS) is 11.0. The largest absolute Gasteiger partial charge is 0.493 e. The number of nitrogens with one attached hydrogen (secondary N) is 1. The van der Waals surface area contributed by atoms with Gasteiger partial charge in [-0.3, -0.25) is 4.79 Å². The van der Waals surface area contributed by atoms with Gasteiger partial charge < -0.3 is 14.8 Å². The third-order valence-corrected chi connectivity index (χ3v) is 4.65. The summed E-state index contributed by atoms with van der Waals surface area (Å²) in [6.45, 7) is 2.12. The van der Waals surface area contributed by atoms with Gasteiger partial charge in [-0.2, -0.15) is 5.26 Å². The molecule has 0 aliphatic rings. The van der Waals surface area contributed by atoms with E-state index in [1.165, 1.54) is 18.9 Å². The molecule has 6 heteroatoms. The van der Waals surface area contributed by atoms with Crippen LogP contribution in [0.4, 0.5) is 0 Å². The van der Waals surface area contributed by atoms with Crippen molar-refractivity contribution < 1.29 is 14.3 Å². The van der Waals surface area contributed by atoms with Crippen LogP contribution in [-0.4, -0.2) is 25.4 Å². The molecule has 0 aliphatic carbocycles. The van der Waals surface area contributed by atoms with Crippen molar-refractivity contribution >= 4 is 17.7 Å². The highest BCUT2D eigenvalue weighted by atomic mass is 32.2. The molecule has 1 atom stereocenters. The van der Waals surface area contributed by atoms with Crippen molar-refractivity contribution in [3.8, 4) is 29.9 Å². The van der Waals surface area contributed by atoms with Crippen molar-refractivity contribution in [1.82, 2.24) is 5.32 Å². The number of methoxy groups -OCH3 is 1. The van der Waals surface area contributed by atoms with Crippen LogP contribution in [0.3, 0.4) is 0 Å². The molecule has 1 unspecified atom stereocenters. The van der Waals surface area contributed by atoms with Gasteiger partial charge in [0.1, 0.15) is 12.6 Å². The first-order valence-electron chi connectivity index (χ1n) is 8.20. The molecule has 2 rings (SSSR count). The molecule has 2 aromatic carbocycles. The van der Waals surface area contributed by atoms with Gasteiger partial charge in [0, 0.05) is 4.90 Å². The molecular formula is C21H20N2O3S. The molecule has 5 nitrogen and oxygen atoms in total. The van der Waals surface area contributed by atoms with Gasteiger partial charge in [0.2, 0.25) is 5.91 Å². The summed E-state index contributed by atoms with van der Waals surface area (Å²) in [7, 11) is 1.54. The van der Waals surface area contributed by atoms with Crippen LogP contribution < -0.4 is 14.8 Å². The predicted octanol–water partition coefficient (Wildman–Crippen LogP) is 3.49. The van der Waals surface area contributed by atoms with Crippen LogP contribution in [-0.2, 0) is 4.79 Å². The minimum Gasteiger partial charge on any atom is -0.493 e. The molecule has 0 bridgehead atoms. The van der Waals surface area contributed by atoms with Gasteiger partial charge >= 0.3 is 0 Å². The Kier molecular flexibility index (Phi) is 7.61. The third kappa shape index (κ3) is 5.99. The fourth-order valence-electron chi connectivity index (χ4n) is 2.28. The van der Waals surface area contributed by atoms with Gasteiger partial charge in [-0.25, -0.2) is 0 Å². The molecule has 1 N–H and O–H groups in total. The fourth-order valence-corrected chi connectivity index (χ4v) is 3.01. The molecule has 2 aromatic rings. The lowest BCUT2D eigenvalue weighted by atomic mass is 10.1. The molecule has 27 heavy (non-hydrogen) atoms. The van der Waals surface area contributed by atoms with E-state index in [9.17, 15) is 10.1 Å². The van der Waals surface area contributed by atoms with Crippen LogP contribution in [0.1, 0.15) is 17.2 Å². The summed E-state index contributed by atoms with van der Waals surface area (Å²) in [5.74, 6) is 3.45. The summed E-state index contributed by atoms with van der Waals surface area (Å²) in [5.41, 5.74) is 1.86. The number of nitriles is 1. The van der Waals surface area contributed by atoms with Crippen LogP contribution in [0.15, 0.2) is 47.4 Å². The molecule has 0 saturated carbocycles. The smallest absolute Gasteiger partial charge is 0.231 e. The lowest BCUT2D eigenvalue weighted by Gasteiger charge is -2.13. The number of carbonyl (C=O) groups excluding carboxylic acids is 1. The monoisotopic (exact) mass is 380 g/mol. The number of rotatable bonds is 8. The van der Waals surface area contributed by atoms with E-state index in [1.54, 1.807) is 12.1 Å². The molecule has 1 amide bonds. The van der Waals surface area contributed by atoms with Crippen molar-refractivity contribution in [2.24, 2.45) is 0 Å². The van der Waals surface area contributed by atoms with Crippen LogP contribution >= 0.6 is 11.8 Å². The first-order valence-corrected chi connectivity index (χ1v) is 9.18. The van der Waals surface area contributed by atoms with E-state index in [1.807, 2.05) is 37.3 Å². The van der Waals surface area contributed by atoms with Gasteiger partial charge in [0.05, 0.1) is 18.9 Å². The SMILES string of the molecule is C#CCOc1ccc(SCC(=O)NC(C#N)c2ccc(C)cc2)cc1OC. The lowest BCUT2D eigenvalue weighted by molar-refractivity contribution is -0.118. The molecule has 138 valence electrons. The number of carbonyl (C=O) groups is 1. The highest BCUT2D eigenvalue weighted by Gasteiger charge is 2.14.